The third-order valence-electron chi connectivity index (χ3n) is 2.10. The summed E-state index contributed by atoms with van der Waals surface area (Å²) in [5, 5.41) is 0. The van der Waals surface area contributed by atoms with Crippen molar-refractivity contribution in [2.75, 3.05) is 11.5 Å². The van der Waals surface area contributed by atoms with Gasteiger partial charge >= 0.3 is 0 Å². The standard InChI is InChI=1S/C13H18N2S2/c1-3-9-16-12-8-6-5-7-11(12)13(14,15)17-10-4-2/h3-8H,1-2,9-10,14-15H2. The highest BCUT2D eigenvalue weighted by molar-refractivity contribution is 8.00. The lowest BCUT2D eigenvalue weighted by atomic mass is 10.2. The van der Waals surface area contributed by atoms with Crippen LogP contribution in [-0.2, 0) is 4.99 Å². The van der Waals surface area contributed by atoms with Crippen LogP contribution in [0.15, 0.2) is 54.5 Å². The summed E-state index contributed by atoms with van der Waals surface area (Å²) in [6, 6.07) is 7.95. The van der Waals surface area contributed by atoms with Crippen LogP contribution in [0.25, 0.3) is 0 Å². The predicted octanol–water partition coefficient (Wildman–Crippen LogP) is 2.91. The van der Waals surface area contributed by atoms with Crippen molar-refractivity contribution in [1.29, 1.82) is 0 Å². The van der Waals surface area contributed by atoms with Gasteiger partial charge < -0.3 is 11.5 Å². The van der Waals surface area contributed by atoms with E-state index in [0.717, 1.165) is 22.0 Å². The Morgan fingerprint density at radius 1 is 1.12 bits per heavy atom. The smallest absolute Gasteiger partial charge is 0.140 e. The first-order valence-corrected chi connectivity index (χ1v) is 7.24. The molecule has 0 aromatic heterocycles. The van der Waals surface area contributed by atoms with Crippen molar-refractivity contribution in [2.24, 2.45) is 11.5 Å². The molecule has 1 aromatic carbocycles. The summed E-state index contributed by atoms with van der Waals surface area (Å²) in [6.45, 7) is 7.39. The van der Waals surface area contributed by atoms with E-state index in [2.05, 4.69) is 13.2 Å². The number of thioether (sulfide) groups is 2. The van der Waals surface area contributed by atoms with E-state index in [1.54, 1.807) is 17.8 Å². The van der Waals surface area contributed by atoms with Crippen molar-refractivity contribution in [3.63, 3.8) is 0 Å². The minimum Gasteiger partial charge on any atom is -0.301 e. The largest absolute Gasteiger partial charge is 0.301 e. The Morgan fingerprint density at radius 3 is 2.41 bits per heavy atom. The fourth-order valence-corrected chi connectivity index (χ4v) is 2.99. The maximum Gasteiger partial charge on any atom is 0.140 e. The van der Waals surface area contributed by atoms with Crippen molar-refractivity contribution < 1.29 is 0 Å². The topological polar surface area (TPSA) is 52.0 Å². The molecule has 0 amide bonds. The van der Waals surface area contributed by atoms with Crippen LogP contribution in [0.5, 0.6) is 0 Å². The van der Waals surface area contributed by atoms with Crippen LogP contribution in [0.4, 0.5) is 0 Å². The highest BCUT2D eigenvalue weighted by Crippen LogP contribution is 2.33. The molecule has 92 valence electrons. The lowest BCUT2D eigenvalue weighted by Crippen LogP contribution is -2.43. The van der Waals surface area contributed by atoms with Crippen LogP contribution in [0.2, 0.25) is 0 Å². The molecule has 0 bridgehead atoms. The zero-order valence-electron chi connectivity index (χ0n) is 9.76. The highest BCUT2D eigenvalue weighted by Gasteiger charge is 2.24. The molecule has 1 aromatic rings. The van der Waals surface area contributed by atoms with Gasteiger partial charge in [0.15, 0.2) is 0 Å². The van der Waals surface area contributed by atoms with Gasteiger partial charge in [-0.3, -0.25) is 0 Å². The van der Waals surface area contributed by atoms with Crippen LogP contribution in [-0.4, -0.2) is 11.5 Å². The van der Waals surface area contributed by atoms with Gasteiger partial charge in [-0.2, -0.15) is 0 Å². The van der Waals surface area contributed by atoms with Gasteiger partial charge in [0.1, 0.15) is 4.99 Å². The third kappa shape index (κ3) is 4.24. The molecule has 0 spiro atoms. The first kappa shape index (κ1) is 14.4. The Hall–Kier alpha value is -0.680. The zero-order chi connectivity index (χ0) is 12.7. The van der Waals surface area contributed by atoms with Crippen molar-refractivity contribution >= 4 is 23.5 Å². The molecule has 2 nitrogen and oxygen atoms in total. The summed E-state index contributed by atoms with van der Waals surface area (Å²) >= 11 is 3.17. The number of hydrogen-bond acceptors (Lipinski definition) is 4. The van der Waals surface area contributed by atoms with Gasteiger partial charge in [0.2, 0.25) is 0 Å². The Kier molecular flexibility index (Phi) is 5.85. The quantitative estimate of drug-likeness (QED) is 0.453. The fraction of sp³-hybridized carbons (Fsp3) is 0.231. The molecule has 0 aliphatic carbocycles. The molecule has 0 atom stereocenters. The molecule has 0 fully saturated rings. The van der Waals surface area contributed by atoms with Crippen molar-refractivity contribution in [1.82, 2.24) is 0 Å². The van der Waals surface area contributed by atoms with Crippen LogP contribution in [0.1, 0.15) is 5.56 Å². The number of hydrogen-bond donors (Lipinski definition) is 2. The average molecular weight is 266 g/mol. The molecule has 1 rings (SSSR count). The van der Waals surface area contributed by atoms with Gasteiger partial charge in [0.05, 0.1) is 0 Å². The molecule has 0 aliphatic rings. The second kappa shape index (κ2) is 6.91. The summed E-state index contributed by atoms with van der Waals surface area (Å²) < 4.78 is 0. The van der Waals surface area contributed by atoms with Crippen molar-refractivity contribution in [3.05, 3.63) is 55.1 Å². The van der Waals surface area contributed by atoms with Crippen LogP contribution in [0.3, 0.4) is 0 Å². The lowest BCUT2D eigenvalue weighted by Gasteiger charge is -2.26. The van der Waals surface area contributed by atoms with Crippen molar-refractivity contribution in [2.45, 2.75) is 9.89 Å². The SMILES string of the molecule is C=CCSc1ccccc1C(N)(N)SCC=C. The van der Waals surface area contributed by atoms with Crippen LogP contribution in [0, 0.1) is 0 Å². The van der Waals surface area contributed by atoms with Crippen LogP contribution < -0.4 is 11.5 Å². The Morgan fingerprint density at radius 2 is 1.76 bits per heavy atom. The highest BCUT2D eigenvalue weighted by atomic mass is 32.2. The van der Waals surface area contributed by atoms with E-state index in [0.29, 0.717) is 0 Å². The molecular formula is C13H18N2S2. The maximum absolute atomic E-state index is 6.15. The molecule has 0 saturated carbocycles. The van der Waals surface area contributed by atoms with Gasteiger partial charge in [-0.05, 0) is 6.07 Å². The summed E-state index contributed by atoms with van der Waals surface area (Å²) in [6.07, 6.45) is 3.67. The van der Waals surface area contributed by atoms with E-state index in [9.17, 15) is 0 Å². The molecule has 0 saturated heterocycles. The number of rotatable bonds is 7. The Balaban J connectivity index is 2.93. The molecule has 4 heteroatoms. The summed E-state index contributed by atoms with van der Waals surface area (Å²) in [7, 11) is 0. The third-order valence-corrected chi connectivity index (χ3v) is 4.27. The van der Waals surface area contributed by atoms with Crippen LogP contribution >= 0.6 is 23.5 Å². The zero-order valence-corrected chi connectivity index (χ0v) is 11.4. The fourth-order valence-electron chi connectivity index (χ4n) is 1.34. The maximum atomic E-state index is 6.15. The summed E-state index contributed by atoms with van der Waals surface area (Å²) in [5.74, 6) is 1.58. The number of nitrogens with two attached hydrogens (primary N) is 2. The normalized spacial score (nSPS) is 11.2. The summed E-state index contributed by atoms with van der Waals surface area (Å²) in [5.41, 5.74) is 13.3. The minimum absolute atomic E-state index is 0.730. The monoisotopic (exact) mass is 266 g/mol. The second-order valence-corrected chi connectivity index (χ2v) is 5.85. The van der Waals surface area contributed by atoms with E-state index in [1.807, 2.05) is 30.3 Å². The van der Waals surface area contributed by atoms with E-state index >= 15 is 0 Å². The molecule has 4 N–H and O–H groups in total. The first-order chi connectivity index (χ1) is 8.11. The number of benzene rings is 1. The predicted molar refractivity (Wildman–Crippen MR) is 80.1 cm³/mol. The Labute approximate surface area is 112 Å². The van der Waals surface area contributed by atoms with Gasteiger partial charge in [-0.1, -0.05) is 30.4 Å². The van der Waals surface area contributed by atoms with Gasteiger partial charge in [-0.15, -0.1) is 36.7 Å². The van der Waals surface area contributed by atoms with E-state index < -0.39 is 4.99 Å². The molecule has 0 aliphatic heterocycles. The van der Waals surface area contributed by atoms with E-state index in [1.165, 1.54) is 11.8 Å². The van der Waals surface area contributed by atoms with E-state index in [-0.39, 0.29) is 0 Å². The molecule has 0 heterocycles. The van der Waals surface area contributed by atoms with Gasteiger partial charge in [0, 0.05) is 22.0 Å². The molecule has 0 unspecified atom stereocenters. The second-order valence-electron chi connectivity index (χ2n) is 3.49. The van der Waals surface area contributed by atoms with Gasteiger partial charge in [0.25, 0.3) is 0 Å². The molecular weight excluding hydrogens is 248 g/mol. The van der Waals surface area contributed by atoms with E-state index in [4.69, 9.17) is 11.5 Å². The van der Waals surface area contributed by atoms with Crippen molar-refractivity contribution in [3.8, 4) is 0 Å². The average Bonchev–Trinajstić information content (AvgIpc) is 2.34. The minimum atomic E-state index is -0.876. The Bertz CT molecular complexity index is 389. The first-order valence-electron chi connectivity index (χ1n) is 5.27. The summed E-state index contributed by atoms with van der Waals surface area (Å²) in [4.78, 5) is 0.229. The van der Waals surface area contributed by atoms with Gasteiger partial charge in [-0.25, -0.2) is 0 Å². The lowest BCUT2D eigenvalue weighted by molar-refractivity contribution is 0.681. The molecule has 0 radical (unpaired) electrons. The molecule has 17 heavy (non-hydrogen) atoms.